The molecule has 8 heteroatoms. The summed E-state index contributed by atoms with van der Waals surface area (Å²) in [5.41, 5.74) is 15.2. The summed E-state index contributed by atoms with van der Waals surface area (Å²) in [5, 5.41) is 18.7. The summed E-state index contributed by atoms with van der Waals surface area (Å²) in [7, 11) is 0. The van der Waals surface area contributed by atoms with E-state index in [1.165, 1.54) is 0 Å². The van der Waals surface area contributed by atoms with Crippen LogP contribution in [0.15, 0.2) is 41.8 Å². The maximum atomic E-state index is 10.7. The average molecular weight is 370 g/mol. The highest BCUT2D eigenvalue weighted by Crippen LogP contribution is 2.19. The second-order valence-electron chi connectivity index (χ2n) is 6.58. The van der Waals surface area contributed by atoms with Gasteiger partial charge in [0.05, 0.1) is 5.92 Å². The number of carbonyl (C=O) groups is 1. The average Bonchev–Trinajstić information content (AvgIpc) is 2.61. The molecule has 0 aliphatic heterocycles. The Morgan fingerprint density at radius 3 is 2.44 bits per heavy atom. The maximum absolute atomic E-state index is 10.7. The van der Waals surface area contributed by atoms with E-state index in [0.717, 1.165) is 16.8 Å². The first kappa shape index (κ1) is 21.9. The molecule has 8 nitrogen and oxygen atoms in total. The van der Waals surface area contributed by atoms with Gasteiger partial charge in [-0.25, -0.2) is 10.5 Å². The second-order valence-corrected chi connectivity index (χ2v) is 6.58. The Kier molecular flexibility index (Phi) is 8.71. The molecule has 27 heavy (non-hydrogen) atoms. The number of hydrogen-bond acceptors (Lipinski definition) is 6. The number of hydrogen-bond donors (Lipinski definition) is 4. The number of nitrogens with zero attached hydrogens (tertiary/aromatic N) is 3. The highest BCUT2D eigenvalue weighted by Gasteiger charge is 2.20. The second kappa shape index (κ2) is 10.7. The minimum atomic E-state index is -0.915. The van der Waals surface area contributed by atoms with Crippen molar-refractivity contribution in [1.82, 2.24) is 9.97 Å². The Labute approximate surface area is 158 Å². The largest absolute Gasteiger partial charge is 0.481 e. The van der Waals surface area contributed by atoms with E-state index in [1.54, 1.807) is 6.20 Å². The van der Waals surface area contributed by atoms with Crippen molar-refractivity contribution in [2.75, 3.05) is 5.73 Å². The number of carboxylic acids is 1. The van der Waals surface area contributed by atoms with E-state index in [0.29, 0.717) is 12.2 Å². The maximum Gasteiger partial charge on any atom is 0.306 e. The van der Waals surface area contributed by atoms with Crippen molar-refractivity contribution in [3.05, 3.63) is 42.4 Å². The van der Waals surface area contributed by atoms with Crippen LogP contribution in [0.5, 0.6) is 0 Å². The van der Waals surface area contributed by atoms with E-state index < -0.39 is 11.9 Å². The van der Waals surface area contributed by atoms with E-state index in [-0.39, 0.29) is 18.2 Å². The van der Waals surface area contributed by atoms with Gasteiger partial charge in [-0.2, -0.15) is 0 Å². The minimum Gasteiger partial charge on any atom is -0.481 e. The fraction of sp³-hybridized carbons (Fsp3) is 0.368. The number of rotatable bonds is 6. The molecule has 2 aromatic rings. The zero-order valence-corrected chi connectivity index (χ0v) is 15.8. The quantitative estimate of drug-likeness (QED) is 0.342. The number of aromatic nitrogens is 2. The first-order valence-corrected chi connectivity index (χ1v) is 8.55. The van der Waals surface area contributed by atoms with Crippen LogP contribution in [-0.4, -0.2) is 26.9 Å². The van der Waals surface area contributed by atoms with Crippen molar-refractivity contribution in [3.8, 4) is 11.1 Å². The molecule has 0 bridgehead atoms. The number of amidine groups is 1. The van der Waals surface area contributed by atoms with Crippen LogP contribution < -0.4 is 5.73 Å². The lowest BCUT2D eigenvalue weighted by Crippen LogP contribution is -2.18. The van der Waals surface area contributed by atoms with Crippen LogP contribution in [0, 0.1) is 29.7 Å². The van der Waals surface area contributed by atoms with Crippen molar-refractivity contribution in [3.63, 3.8) is 0 Å². The molecule has 1 atom stereocenters. The molecule has 5 N–H and O–H groups in total. The molecular formula is C19H26N6O2. The zero-order chi connectivity index (χ0) is 20.4. The zero-order valence-electron chi connectivity index (χ0n) is 15.8. The lowest BCUT2D eigenvalue weighted by molar-refractivity contribution is -0.142. The fourth-order valence-electron chi connectivity index (χ4n) is 2.39. The van der Waals surface area contributed by atoms with Crippen LogP contribution in [0.25, 0.3) is 11.1 Å². The molecule has 0 amide bonds. The molecule has 0 aliphatic carbocycles. The molecule has 2 heterocycles. The van der Waals surface area contributed by atoms with Crippen LogP contribution in [0.1, 0.15) is 32.4 Å². The van der Waals surface area contributed by atoms with Crippen molar-refractivity contribution in [2.24, 2.45) is 17.0 Å². The first-order valence-electron chi connectivity index (χ1n) is 8.55. The summed E-state index contributed by atoms with van der Waals surface area (Å²) in [4.78, 5) is 18.9. The Morgan fingerprint density at radius 1 is 1.26 bits per heavy atom. The third-order valence-electron chi connectivity index (χ3n) is 3.71. The van der Waals surface area contributed by atoms with Crippen molar-refractivity contribution in [1.29, 1.82) is 10.9 Å². The summed E-state index contributed by atoms with van der Waals surface area (Å²) in [6.45, 7) is 5.82. The van der Waals surface area contributed by atoms with Crippen molar-refractivity contribution in [2.45, 2.75) is 33.6 Å². The Hall–Kier alpha value is -3.16. The molecule has 0 unspecified atom stereocenters. The van der Waals surface area contributed by atoms with Crippen LogP contribution in [0.4, 0.5) is 5.82 Å². The molecule has 0 aromatic carbocycles. The Morgan fingerprint density at radius 2 is 1.96 bits per heavy atom. The van der Waals surface area contributed by atoms with Gasteiger partial charge >= 0.3 is 5.97 Å². The number of nitrogens with one attached hydrogen (secondary N) is 2. The molecule has 2 rings (SSSR count). The summed E-state index contributed by atoms with van der Waals surface area (Å²) >= 11 is 0. The number of aliphatic carboxylic acids is 1. The van der Waals surface area contributed by atoms with Gasteiger partial charge in [-0.05, 0) is 43.0 Å². The number of anilines is 1. The number of nitrogens with two attached hydrogens (primary N) is 1. The molecular weight excluding hydrogens is 344 g/mol. The molecule has 0 saturated carbocycles. The van der Waals surface area contributed by atoms with Gasteiger partial charge in [0.15, 0.2) is 0 Å². The number of carboxylic acid groups (broad SMARTS) is 1. The lowest BCUT2D eigenvalue weighted by Gasteiger charge is -2.12. The first-order chi connectivity index (χ1) is 12.7. The van der Waals surface area contributed by atoms with Crippen LogP contribution in [-0.2, 0) is 4.79 Å². The van der Waals surface area contributed by atoms with E-state index >= 15 is 0 Å². The number of pyridine rings is 2. The van der Waals surface area contributed by atoms with E-state index in [2.05, 4.69) is 15.1 Å². The van der Waals surface area contributed by atoms with E-state index in [1.807, 2.05) is 51.2 Å². The minimum absolute atomic E-state index is 0.0526. The third-order valence-corrected chi connectivity index (χ3v) is 3.71. The monoisotopic (exact) mass is 370 g/mol. The molecule has 0 saturated heterocycles. The number of aryl methyl sites for hydroxylation is 1. The van der Waals surface area contributed by atoms with Gasteiger partial charge in [0.25, 0.3) is 0 Å². The van der Waals surface area contributed by atoms with E-state index in [4.69, 9.17) is 21.8 Å². The topological polar surface area (TPSA) is 149 Å². The van der Waals surface area contributed by atoms with Crippen LogP contribution >= 0.6 is 0 Å². The van der Waals surface area contributed by atoms with Gasteiger partial charge in [-0.3, -0.25) is 15.2 Å². The van der Waals surface area contributed by atoms with Crippen molar-refractivity contribution >= 4 is 17.6 Å². The summed E-state index contributed by atoms with van der Waals surface area (Å²) < 4.78 is 0. The Bertz CT molecular complexity index is 774. The van der Waals surface area contributed by atoms with Crippen molar-refractivity contribution < 1.29 is 9.90 Å². The van der Waals surface area contributed by atoms with Crippen LogP contribution in [0.2, 0.25) is 0 Å². The van der Waals surface area contributed by atoms with Gasteiger partial charge in [0.2, 0.25) is 0 Å². The normalized spacial score (nSPS) is 11.3. The smallest absolute Gasteiger partial charge is 0.306 e. The summed E-state index contributed by atoms with van der Waals surface area (Å²) in [6, 6.07) is 7.76. The molecule has 2 aromatic heterocycles. The van der Waals surface area contributed by atoms with Crippen LogP contribution in [0.3, 0.4) is 0 Å². The standard InChI is InChI=1S/C11H11N3.C8H15N3O2/c1-8-2-3-10(7-14-8)9-4-5-13-11(12)6-9;1-5(2)3-6(8(12)13)4-7(9)11-10/h2-7H,1H3,(H2,12,13);5-6,9-10H,3-4H2,1-2H3,(H,12,13)/t;6-/m.0/s1. The predicted octanol–water partition coefficient (Wildman–Crippen LogP) is 4.17. The van der Waals surface area contributed by atoms with Gasteiger partial charge in [-0.1, -0.05) is 19.9 Å². The third kappa shape index (κ3) is 8.17. The highest BCUT2D eigenvalue weighted by atomic mass is 16.4. The van der Waals surface area contributed by atoms with Gasteiger partial charge in [0, 0.05) is 30.1 Å². The molecule has 0 aliphatic rings. The molecule has 0 spiro atoms. The highest BCUT2D eigenvalue weighted by molar-refractivity contribution is 5.84. The molecule has 144 valence electrons. The fourth-order valence-corrected chi connectivity index (χ4v) is 2.39. The van der Waals surface area contributed by atoms with Gasteiger partial charge in [-0.15, -0.1) is 5.11 Å². The molecule has 0 fully saturated rings. The van der Waals surface area contributed by atoms with Gasteiger partial charge in [0.1, 0.15) is 11.7 Å². The number of nitrogen functional groups attached to an aromatic ring is 1. The van der Waals surface area contributed by atoms with Gasteiger partial charge < -0.3 is 10.8 Å². The molecule has 0 radical (unpaired) electrons. The predicted molar refractivity (Wildman–Crippen MR) is 105 cm³/mol. The summed E-state index contributed by atoms with van der Waals surface area (Å²) in [6.07, 6.45) is 4.11. The van der Waals surface area contributed by atoms with E-state index in [9.17, 15) is 4.79 Å². The SMILES string of the molecule is CC(C)C[C@@H](CC(=N)N=N)C(=O)O.Cc1ccc(-c2ccnc(N)c2)cn1. The Balaban J connectivity index is 0.000000271. The lowest BCUT2D eigenvalue weighted by atomic mass is 9.94. The summed E-state index contributed by atoms with van der Waals surface area (Å²) in [5.74, 6) is -0.862.